The molecule has 0 saturated heterocycles. The molecule has 0 aromatic heterocycles. The van der Waals surface area contributed by atoms with Gasteiger partial charge in [-0.15, -0.1) is 0 Å². The molecular formula is C22H26N2O5. The van der Waals surface area contributed by atoms with Gasteiger partial charge in [0.2, 0.25) is 0 Å². The number of nitrogens with zero attached hydrogens (tertiary/aromatic N) is 2. The van der Waals surface area contributed by atoms with E-state index in [2.05, 4.69) is 5.10 Å². The van der Waals surface area contributed by atoms with Crippen LogP contribution in [-0.2, 0) is 0 Å². The molecule has 0 radical (unpaired) electrons. The fraction of sp³-hybridized carbons (Fsp3) is 0.364. The first-order valence-electron chi connectivity index (χ1n) is 9.70. The normalized spacial score (nSPS) is 13.6. The molecule has 0 fully saturated rings. The molecule has 7 heteroatoms. The quantitative estimate of drug-likeness (QED) is 0.739. The highest BCUT2D eigenvalue weighted by Crippen LogP contribution is 2.29. The van der Waals surface area contributed by atoms with Gasteiger partial charge in [0, 0.05) is 17.7 Å². The Bertz CT molecular complexity index is 864. The minimum Gasteiger partial charge on any atom is -0.493 e. The van der Waals surface area contributed by atoms with Gasteiger partial charge in [-0.2, -0.15) is 5.10 Å². The fourth-order valence-corrected chi connectivity index (χ4v) is 3.12. The molecular weight excluding hydrogens is 372 g/mol. The second-order valence-corrected chi connectivity index (χ2v) is 6.47. The molecule has 2 aromatic carbocycles. The first-order chi connectivity index (χ1) is 14.2. The number of benzene rings is 2. The molecule has 1 aliphatic heterocycles. The van der Waals surface area contributed by atoms with Crippen molar-refractivity contribution >= 4 is 11.6 Å². The summed E-state index contributed by atoms with van der Waals surface area (Å²) in [5.41, 5.74) is 2.30. The lowest BCUT2D eigenvalue weighted by Gasteiger charge is -2.24. The zero-order valence-electron chi connectivity index (χ0n) is 16.8. The number of aliphatic hydroxyl groups is 1. The van der Waals surface area contributed by atoms with Crippen LogP contribution in [0.5, 0.6) is 17.2 Å². The maximum atomic E-state index is 12.9. The Labute approximate surface area is 170 Å². The van der Waals surface area contributed by atoms with Crippen LogP contribution in [0, 0.1) is 0 Å². The maximum absolute atomic E-state index is 12.9. The summed E-state index contributed by atoms with van der Waals surface area (Å²) < 4.78 is 16.3. The number of amides is 1. The lowest BCUT2D eigenvalue weighted by molar-refractivity contribution is 0.0751. The molecule has 0 bridgehead atoms. The van der Waals surface area contributed by atoms with Crippen molar-refractivity contribution in [2.45, 2.75) is 19.8 Å². The van der Waals surface area contributed by atoms with Gasteiger partial charge in [-0.25, -0.2) is 5.01 Å². The van der Waals surface area contributed by atoms with Crippen LogP contribution < -0.4 is 14.2 Å². The molecule has 0 unspecified atom stereocenters. The third kappa shape index (κ3) is 5.06. The van der Waals surface area contributed by atoms with Crippen molar-refractivity contribution < 1.29 is 24.1 Å². The summed E-state index contributed by atoms with van der Waals surface area (Å²) in [6.45, 7) is 3.19. The minimum absolute atomic E-state index is 0.0533. The first kappa shape index (κ1) is 20.7. The van der Waals surface area contributed by atoms with Crippen LogP contribution in [0.1, 0.15) is 35.7 Å². The largest absolute Gasteiger partial charge is 0.493 e. The molecule has 0 atom stereocenters. The van der Waals surface area contributed by atoms with Gasteiger partial charge in [-0.1, -0.05) is 0 Å². The topological polar surface area (TPSA) is 80.6 Å². The molecule has 1 N–H and O–H groups in total. The van der Waals surface area contributed by atoms with Gasteiger partial charge in [0.15, 0.2) is 11.5 Å². The van der Waals surface area contributed by atoms with E-state index in [9.17, 15) is 4.79 Å². The molecule has 1 aliphatic rings. The summed E-state index contributed by atoms with van der Waals surface area (Å²) in [7, 11) is 1.61. The van der Waals surface area contributed by atoms with Crippen molar-refractivity contribution in [1.29, 1.82) is 0 Å². The highest BCUT2D eigenvalue weighted by molar-refractivity contribution is 6.03. The van der Waals surface area contributed by atoms with E-state index in [1.165, 1.54) is 5.01 Å². The number of hydrogen-bond acceptors (Lipinski definition) is 6. The van der Waals surface area contributed by atoms with Crippen LogP contribution in [0.25, 0.3) is 0 Å². The summed E-state index contributed by atoms with van der Waals surface area (Å²) in [6, 6.07) is 12.5. The number of methoxy groups -OCH3 is 1. The number of rotatable bonds is 8. The van der Waals surface area contributed by atoms with E-state index in [1.807, 2.05) is 25.1 Å². The van der Waals surface area contributed by atoms with Gasteiger partial charge in [-0.05, 0) is 62.2 Å². The molecule has 29 heavy (non-hydrogen) atoms. The second-order valence-electron chi connectivity index (χ2n) is 6.47. The predicted molar refractivity (Wildman–Crippen MR) is 110 cm³/mol. The number of hydrazone groups is 1. The Balaban J connectivity index is 1.79. The predicted octanol–water partition coefficient (Wildman–Crippen LogP) is 3.11. The fourth-order valence-electron chi connectivity index (χ4n) is 3.12. The number of carbonyl (C=O) groups is 1. The molecule has 0 aliphatic carbocycles. The average molecular weight is 398 g/mol. The van der Waals surface area contributed by atoms with Gasteiger partial charge in [0.05, 0.1) is 26.0 Å². The highest BCUT2D eigenvalue weighted by Gasteiger charge is 2.21. The molecule has 0 spiro atoms. The summed E-state index contributed by atoms with van der Waals surface area (Å²) in [5.74, 6) is 1.79. The van der Waals surface area contributed by atoms with Crippen molar-refractivity contribution in [1.82, 2.24) is 5.01 Å². The van der Waals surface area contributed by atoms with E-state index >= 15 is 0 Å². The lowest BCUT2D eigenvalue weighted by atomic mass is 10.0. The SMILES string of the molecule is CCOc1cc(C2=NN(C(=O)c3ccc(OCCO)cc3)CCC2)ccc1OC. The van der Waals surface area contributed by atoms with Gasteiger partial charge >= 0.3 is 0 Å². The molecule has 7 nitrogen and oxygen atoms in total. The van der Waals surface area contributed by atoms with Crippen molar-refractivity contribution in [3.05, 3.63) is 53.6 Å². The van der Waals surface area contributed by atoms with E-state index in [0.29, 0.717) is 36.0 Å². The Morgan fingerprint density at radius 2 is 1.93 bits per heavy atom. The first-order valence-corrected chi connectivity index (χ1v) is 9.70. The number of hydrogen-bond donors (Lipinski definition) is 1. The minimum atomic E-state index is -0.158. The number of ether oxygens (including phenoxy) is 3. The standard InChI is InChI=1S/C22H26N2O5/c1-3-28-21-15-17(8-11-20(21)27-2)19-5-4-12-24(23-19)22(26)16-6-9-18(10-7-16)29-14-13-25/h6-11,15,25H,3-5,12-14H2,1-2H3. The van der Waals surface area contributed by atoms with Crippen molar-refractivity contribution in [2.24, 2.45) is 5.10 Å². The number of aliphatic hydroxyl groups excluding tert-OH is 1. The molecule has 2 aromatic rings. The van der Waals surface area contributed by atoms with Crippen LogP contribution in [-0.4, -0.2) is 55.2 Å². The van der Waals surface area contributed by atoms with Gasteiger partial charge in [-0.3, -0.25) is 4.79 Å². The average Bonchev–Trinajstić information content (AvgIpc) is 2.78. The molecule has 3 rings (SSSR count). The summed E-state index contributed by atoms with van der Waals surface area (Å²) >= 11 is 0. The van der Waals surface area contributed by atoms with E-state index in [0.717, 1.165) is 24.1 Å². The maximum Gasteiger partial charge on any atom is 0.273 e. The summed E-state index contributed by atoms with van der Waals surface area (Å²) in [4.78, 5) is 12.9. The molecule has 0 saturated carbocycles. The summed E-state index contributed by atoms with van der Waals surface area (Å²) in [6.07, 6.45) is 1.62. The molecule has 1 heterocycles. The van der Waals surface area contributed by atoms with Crippen LogP contribution in [0.2, 0.25) is 0 Å². The number of carbonyl (C=O) groups excluding carboxylic acids is 1. The van der Waals surface area contributed by atoms with Crippen molar-refractivity contribution in [3.8, 4) is 17.2 Å². The Morgan fingerprint density at radius 1 is 1.14 bits per heavy atom. The zero-order chi connectivity index (χ0) is 20.6. The van der Waals surface area contributed by atoms with Crippen LogP contribution in [0.4, 0.5) is 0 Å². The van der Waals surface area contributed by atoms with E-state index in [4.69, 9.17) is 19.3 Å². The Hall–Kier alpha value is -3.06. The van der Waals surface area contributed by atoms with Crippen LogP contribution >= 0.6 is 0 Å². The Morgan fingerprint density at radius 3 is 2.62 bits per heavy atom. The Kier molecular flexibility index (Phi) is 7.08. The van der Waals surface area contributed by atoms with Gasteiger partial charge in [0.25, 0.3) is 5.91 Å². The highest BCUT2D eigenvalue weighted by atomic mass is 16.5. The molecule has 1 amide bonds. The van der Waals surface area contributed by atoms with Gasteiger partial charge < -0.3 is 19.3 Å². The van der Waals surface area contributed by atoms with E-state index in [1.54, 1.807) is 31.4 Å². The third-order valence-electron chi connectivity index (χ3n) is 4.52. The van der Waals surface area contributed by atoms with Crippen molar-refractivity contribution in [3.63, 3.8) is 0 Å². The van der Waals surface area contributed by atoms with Crippen LogP contribution in [0.15, 0.2) is 47.6 Å². The van der Waals surface area contributed by atoms with E-state index in [-0.39, 0.29) is 19.1 Å². The summed E-state index contributed by atoms with van der Waals surface area (Å²) in [5, 5.41) is 14.9. The monoisotopic (exact) mass is 398 g/mol. The van der Waals surface area contributed by atoms with Crippen LogP contribution in [0.3, 0.4) is 0 Å². The van der Waals surface area contributed by atoms with Crippen molar-refractivity contribution in [2.75, 3.05) is 33.5 Å². The smallest absolute Gasteiger partial charge is 0.273 e. The zero-order valence-corrected chi connectivity index (χ0v) is 16.8. The molecule has 154 valence electrons. The van der Waals surface area contributed by atoms with E-state index < -0.39 is 0 Å². The third-order valence-corrected chi connectivity index (χ3v) is 4.52. The second kappa shape index (κ2) is 9.93. The van der Waals surface area contributed by atoms with Gasteiger partial charge in [0.1, 0.15) is 12.4 Å². The lowest BCUT2D eigenvalue weighted by Crippen LogP contribution is -2.32.